The topological polar surface area (TPSA) is 57.7 Å². The van der Waals surface area contributed by atoms with E-state index < -0.39 is 11.7 Å². The number of hydrogen-bond acceptors (Lipinski definition) is 4. The molecule has 1 aliphatic rings. The molecule has 2 aromatic carbocycles. The molecule has 2 atom stereocenters. The lowest BCUT2D eigenvalue weighted by atomic mass is 9.92. The Labute approximate surface area is 154 Å². The molecular formula is C19H18F3N5. The lowest BCUT2D eigenvalue weighted by Crippen LogP contribution is -2.31. The van der Waals surface area contributed by atoms with Crippen molar-refractivity contribution in [2.45, 2.75) is 38.0 Å². The molecule has 5 nitrogen and oxygen atoms in total. The molecular weight excluding hydrogens is 355 g/mol. The van der Waals surface area contributed by atoms with Crippen LogP contribution in [0, 0.1) is 0 Å². The van der Waals surface area contributed by atoms with Gasteiger partial charge >= 0.3 is 6.18 Å². The molecule has 0 bridgehead atoms. The Morgan fingerprint density at radius 1 is 1.07 bits per heavy atom. The van der Waals surface area contributed by atoms with Crippen molar-refractivity contribution in [1.29, 1.82) is 0 Å². The summed E-state index contributed by atoms with van der Waals surface area (Å²) in [5.41, 5.74) is 2.51. The quantitative estimate of drug-likeness (QED) is 0.752. The van der Waals surface area contributed by atoms with E-state index in [9.17, 15) is 13.2 Å². The first kappa shape index (κ1) is 17.5. The lowest BCUT2D eigenvalue weighted by molar-refractivity contribution is -0.137. The number of alkyl halides is 3. The number of halogens is 3. The first-order chi connectivity index (χ1) is 12.9. The molecule has 27 heavy (non-hydrogen) atoms. The molecule has 0 aliphatic carbocycles. The fourth-order valence-corrected chi connectivity index (χ4v) is 3.74. The van der Waals surface area contributed by atoms with Crippen LogP contribution in [0.25, 0.3) is 0 Å². The van der Waals surface area contributed by atoms with Crippen LogP contribution in [0.4, 0.5) is 18.9 Å². The fourth-order valence-electron chi connectivity index (χ4n) is 3.74. The van der Waals surface area contributed by atoms with Gasteiger partial charge in [-0.15, -0.1) is 5.10 Å². The van der Waals surface area contributed by atoms with Crippen molar-refractivity contribution in [3.8, 4) is 0 Å². The van der Waals surface area contributed by atoms with Crippen LogP contribution < -0.4 is 4.90 Å². The minimum atomic E-state index is -4.32. The fraction of sp³-hybridized carbons (Fsp3) is 0.316. The van der Waals surface area contributed by atoms with Crippen molar-refractivity contribution < 1.29 is 13.2 Å². The van der Waals surface area contributed by atoms with Gasteiger partial charge in [-0.25, -0.2) is 5.10 Å². The maximum atomic E-state index is 12.8. The second-order valence-corrected chi connectivity index (χ2v) is 6.78. The van der Waals surface area contributed by atoms with Crippen LogP contribution in [0.5, 0.6) is 0 Å². The Hall–Kier alpha value is -2.90. The van der Waals surface area contributed by atoms with Gasteiger partial charge in [0.2, 0.25) is 0 Å². The molecule has 0 saturated heterocycles. The number of tetrazole rings is 1. The Bertz CT molecular complexity index is 906. The first-order valence-electron chi connectivity index (χ1n) is 8.68. The number of anilines is 1. The van der Waals surface area contributed by atoms with Crippen LogP contribution in [0.15, 0.2) is 48.5 Å². The summed E-state index contributed by atoms with van der Waals surface area (Å²) in [5, 5.41) is 14.1. The number of aromatic amines is 1. The monoisotopic (exact) mass is 373 g/mol. The minimum absolute atomic E-state index is 0.162. The van der Waals surface area contributed by atoms with Gasteiger partial charge in [0.15, 0.2) is 0 Å². The van der Waals surface area contributed by atoms with E-state index in [-0.39, 0.29) is 12.0 Å². The Morgan fingerprint density at radius 3 is 2.48 bits per heavy atom. The van der Waals surface area contributed by atoms with Crippen molar-refractivity contribution in [2.24, 2.45) is 0 Å². The minimum Gasteiger partial charge on any atom is -0.364 e. The van der Waals surface area contributed by atoms with Gasteiger partial charge in [0.05, 0.1) is 5.56 Å². The summed E-state index contributed by atoms with van der Waals surface area (Å²) < 4.78 is 38.4. The zero-order chi connectivity index (χ0) is 19.0. The summed E-state index contributed by atoms with van der Waals surface area (Å²) in [5.74, 6) is 0.920. The van der Waals surface area contributed by atoms with E-state index in [2.05, 4.69) is 44.6 Å². The van der Waals surface area contributed by atoms with Crippen molar-refractivity contribution in [1.82, 2.24) is 20.6 Å². The largest absolute Gasteiger partial charge is 0.416 e. The highest BCUT2D eigenvalue weighted by Crippen LogP contribution is 2.43. The first-order valence-corrected chi connectivity index (χ1v) is 8.68. The maximum absolute atomic E-state index is 12.8. The molecule has 0 spiro atoms. The zero-order valence-electron chi connectivity index (χ0n) is 14.6. The Balaban J connectivity index is 1.59. The number of para-hydroxylation sites is 1. The number of aromatic nitrogens is 4. The van der Waals surface area contributed by atoms with Gasteiger partial charge in [-0.1, -0.05) is 30.3 Å². The molecule has 1 N–H and O–H groups in total. The van der Waals surface area contributed by atoms with Gasteiger partial charge in [0.1, 0.15) is 5.82 Å². The predicted molar refractivity (Wildman–Crippen MR) is 94.2 cm³/mol. The highest BCUT2D eigenvalue weighted by molar-refractivity contribution is 5.62. The van der Waals surface area contributed by atoms with E-state index in [1.54, 1.807) is 12.1 Å². The molecule has 3 aromatic rings. The Kier molecular flexibility index (Phi) is 4.33. The SMILES string of the molecule is CC1C(Cc2nnn[nH]2)c2ccccc2N1Cc1ccc(C(F)(F)F)cc1. The van der Waals surface area contributed by atoms with E-state index in [0.29, 0.717) is 13.0 Å². The highest BCUT2D eigenvalue weighted by Gasteiger charge is 2.36. The van der Waals surface area contributed by atoms with Crippen LogP contribution in [0.1, 0.15) is 35.4 Å². The third kappa shape index (κ3) is 3.39. The van der Waals surface area contributed by atoms with Crippen LogP contribution in [0.3, 0.4) is 0 Å². The average molecular weight is 373 g/mol. The summed E-state index contributed by atoms with van der Waals surface area (Å²) in [6, 6.07) is 13.6. The molecule has 0 saturated carbocycles. The normalized spacial score (nSPS) is 19.3. The van der Waals surface area contributed by atoms with Crippen molar-refractivity contribution in [3.63, 3.8) is 0 Å². The van der Waals surface area contributed by atoms with Gasteiger partial charge in [-0.05, 0) is 46.7 Å². The summed E-state index contributed by atoms with van der Waals surface area (Å²) in [6.07, 6.45) is -3.64. The number of nitrogens with one attached hydrogen (secondary N) is 1. The van der Waals surface area contributed by atoms with Crippen molar-refractivity contribution >= 4 is 5.69 Å². The third-order valence-electron chi connectivity index (χ3n) is 5.16. The summed E-state index contributed by atoms with van der Waals surface area (Å²) in [6.45, 7) is 2.67. The Morgan fingerprint density at radius 2 is 1.81 bits per heavy atom. The lowest BCUT2D eigenvalue weighted by Gasteiger charge is -2.27. The maximum Gasteiger partial charge on any atom is 0.416 e. The number of H-pyrrole nitrogens is 1. The van der Waals surface area contributed by atoms with Gasteiger partial charge in [0.25, 0.3) is 0 Å². The number of hydrogen-bond donors (Lipinski definition) is 1. The smallest absolute Gasteiger partial charge is 0.364 e. The molecule has 0 radical (unpaired) electrons. The number of benzene rings is 2. The van der Waals surface area contributed by atoms with E-state index in [1.807, 2.05) is 12.1 Å². The molecule has 0 amide bonds. The summed E-state index contributed by atoms with van der Waals surface area (Å²) in [7, 11) is 0. The predicted octanol–water partition coefficient (Wildman–Crippen LogP) is 3.95. The molecule has 2 heterocycles. The van der Waals surface area contributed by atoms with Crippen LogP contribution >= 0.6 is 0 Å². The van der Waals surface area contributed by atoms with Crippen LogP contribution in [0.2, 0.25) is 0 Å². The third-order valence-corrected chi connectivity index (χ3v) is 5.16. The summed E-state index contributed by atoms with van der Waals surface area (Å²) >= 11 is 0. The second-order valence-electron chi connectivity index (χ2n) is 6.78. The van der Waals surface area contributed by atoms with Crippen molar-refractivity contribution in [2.75, 3.05) is 4.90 Å². The van der Waals surface area contributed by atoms with Gasteiger partial charge in [-0.2, -0.15) is 13.2 Å². The molecule has 2 unspecified atom stereocenters. The number of rotatable bonds is 4. The molecule has 8 heteroatoms. The molecule has 0 fully saturated rings. The standard InChI is InChI=1S/C19H18F3N5/c1-12-16(10-18-23-25-26-24-18)15-4-2-3-5-17(15)27(12)11-13-6-8-14(9-7-13)19(20,21)22/h2-9,12,16H,10-11H2,1H3,(H,23,24,25,26). The average Bonchev–Trinajstić information content (AvgIpc) is 3.24. The van der Waals surface area contributed by atoms with Gasteiger partial charge in [-0.3, -0.25) is 0 Å². The molecule has 1 aromatic heterocycles. The van der Waals surface area contributed by atoms with E-state index in [0.717, 1.165) is 29.2 Å². The molecule has 1 aliphatic heterocycles. The highest BCUT2D eigenvalue weighted by atomic mass is 19.4. The number of fused-ring (bicyclic) bond motifs is 1. The zero-order valence-corrected chi connectivity index (χ0v) is 14.6. The molecule has 140 valence electrons. The van der Waals surface area contributed by atoms with Crippen LogP contribution in [-0.2, 0) is 19.1 Å². The van der Waals surface area contributed by atoms with Gasteiger partial charge in [0, 0.05) is 30.6 Å². The van der Waals surface area contributed by atoms with E-state index >= 15 is 0 Å². The van der Waals surface area contributed by atoms with E-state index in [1.165, 1.54) is 5.56 Å². The molecule has 4 rings (SSSR count). The second kappa shape index (κ2) is 6.68. The summed E-state index contributed by atoms with van der Waals surface area (Å²) in [4.78, 5) is 2.23. The number of nitrogens with zero attached hydrogens (tertiary/aromatic N) is 4. The van der Waals surface area contributed by atoms with Crippen molar-refractivity contribution in [3.05, 3.63) is 71.0 Å². The van der Waals surface area contributed by atoms with Gasteiger partial charge < -0.3 is 4.90 Å². The van der Waals surface area contributed by atoms with Crippen LogP contribution in [-0.4, -0.2) is 26.7 Å². The van der Waals surface area contributed by atoms with E-state index in [4.69, 9.17) is 0 Å².